The van der Waals surface area contributed by atoms with Crippen LogP contribution in [0.3, 0.4) is 0 Å². The number of rotatable bonds is 26. The van der Waals surface area contributed by atoms with Crippen LogP contribution in [0, 0.1) is 0 Å². The molecular formula is C33H56N2O32S3. The lowest BCUT2D eigenvalue weighted by Crippen LogP contribution is -2.68. The van der Waals surface area contributed by atoms with Gasteiger partial charge in [0, 0.05) is 26.0 Å². The number of amides is 1. The van der Waals surface area contributed by atoms with E-state index in [9.17, 15) is 94.7 Å². The molecule has 19 atom stereocenters. The monoisotopic (exact) mass is 1090 g/mol. The zero-order valence-corrected chi connectivity index (χ0v) is 38.5. The number of carbonyl (C=O) groups excluding carboxylic acids is 1. The normalized spacial score (nSPS) is 37.7. The first kappa shape index (κ1) is 59.9. The predicted octanol–water partition coefficient (Wildman–Crippen LogP) is -8.40. The van der Waals surface area contributed by atoms with E-state index in [0.29, 0.717) is 32.2 Å². The molecule has 34 nitrogen and oxygen atoms in total. The first-order valence-electron chi connectivity index (χ1n) is 20.8. The molecule has 0 radical (unpaired) electrons. The van der Waals surface area contributed by atoms with E-state index in [-0.39, 0.29) is 25.5 Å². The molecule has 0 aromatic heterocycles. The average molecular weight is 1090 g/mol. The van der Waals surface area contributed by atoms with Crippen molar-refractivity contribution in [1.29, 1.82) is 0 Å². The fourth-order valence-corrected chi connectivity index (χ4v) is 8.61. The lowest BCUT2D eigenvalue weighted by molar-refractivity contribution is -0.367. The molecule has 0 saturated carbocycles. The highest BCUT2D eigenvalue weighted by atomic mass is 32.3. The highest BCUT2D eigenvalue weighted by molar-refractivity contribution is 7.83. The minimum atomic E-state index is -5.36. The van der Waals surface area contributed by atoms with Crippen molar-refractivity contribution in [3.63, 3.8) is 0 Å². The minimum Gasteiger partial charge on any atom is -0.479 e. The fourth-order valence-electron chi connectivity index (χ4n) is 7.40. The summed E-state index contributed by atoms with van der Waals surface area (Å²) in [6.45, 7) is -2.65. The van der Waals surface area contributed by atoms with E-state index in [1.807, 2.05) is 0 Å². The summed E-state index contributed by atoms with van der Waals surface area (Å²) in [4.78, 5) is 36.2. The molecule has 0 spiro atoms. The maximum atomic E-state index is 12.5. The van der Waals surface area contributed by atoms with Gasteiger partial charge in [-0.1, -0.05) is 12.8 Å². The summed E-state index contributed by atoms with van der Waals surface area (Å²) in [5.74, 6) is -4.13. The second-order valence-electron chi connectivity index (χ2n) is 15.9. The van der Waals surface area contributed by atoms with Crippen LogP contribution < -0.4 is 10.0 Å². The van der Waals surface area contributed by atoms with Gasteiger partial charge in [-0.05, 0) is 12.8 Å². The van der Waals surface area contributed by atoms with Crippen LogP contribution in [0.2, 0.25) is 0 Å². The smallest absolute Gasteiger partial charge is 0.397 e. The zero-order chi connectivity index (χ0) is 52.5. The van der Waals surface area contributed by atoms with E-state index in [1.165, 1.54) is 4.72 Å². The zero-order valence-electron chi connectivity index (χ0n) is 36.0. The Hall–Kier alpha value is -2.62. The summed E-state index contributed by atoms with van der Waals surface area (Å²) in [7, 11) is -15.9. The van der Waals surface area contributed by atoms with E-state index < -0.39 is 179 Å². The SMILES string of the molecule is O=C(CCO)NCCCCCCOC1OC(C(=O)O)C(OC2CC(O)C(OC3OC(C(=O)O)C(OC4OC(COS(=O)(=O)O)C(O)C(O)C4NS(=O)(=O)O)C(O)C3O)C(COS(=O)(=O)O)O2)C(O)C1O. The molecule has 0 aromatic carbocycles. The van der Waals surface area contributed by atoms with Crippen molar-refractivity contribution in [3.8, 4) is 0 Å². The minimum absolute atomic E-state index is 0.0390. The Labute approximate surface area is 396 Å². The molecule has 37 heteroatoms. The van der Waals surface area contributed by atoms with Gasteiger partial charge in [0.2, 0.25) is 5.91 Å². The topological polar surface area (TPSA) is 533 Å². The van der Waals surface area contributed by atoms with Crippen molar-refractivity contribution in [2.45, 2.75) is 155 Å². The number of aliphatic hydroxyl groups is 8. The summed E-state index contributed by atoms with van der Waals surface area (Å²) in [5.41, 5.74) is 0. The number of carboxylic acids is 2. The summed E-state index contributed by atoms with van der Waals surface area (Å²) in [6, 6.07) is -2.32. The number of unbranched alkanes of at least 4 members (excludes halogenated alkanes) is 3. The van der Waals surface area contributed by atoms with Crippen LogP contribution in [0.5, 0.6) is 0 Å². The van der Waals surface area contributed by atoms with Crippen LogP contribution in [-0.2, 0) is 91.7 Å². The highest BCUT2D eigenvalue weighted by Crippen LogP contribution is 2.35. The molecule has 0 aromatic rings. The lowest BCUT2D eigenvalue weighted by atomic mass is 9.95. The second-order valence-corrected chi connectivity index (χ2v) is 19.2. The van der Waals surface area contributed by atoms with Gasteiger partial charge in [-0.15, -0.1) is 0 Å². The van der Waals surface area contributed by atoms with Crippen molar-refractivity contribution in [2.24, 2.45) is 0 Å². The maximum Gasteiger partial charge on any atom is 0.397 e. The van der Waals surface area contributed by atoms with Crippen LogP contribution in [0.4, 0.5) is 0 Å². The van der Waals surface area contributed by atoms with Crippen molar-refractivity contribution >= 4 is 48.9 Å². The molecule has 1 amide bonds. The van der Waals surface area contributed by atoms with Gasteiger partial charge in [-0.3, -0.25) is 18.5 Å². The number of aliphatic hydroxyl groups excluding tert-OH is 8. The number of aliphatic carboxylic acids is 2. The molecule has 4 saturated heterocycles. The van der Waals surface area contributed by atoms with E-state index >= 15 is 0 Å². The summed E-state index contributed by atoms with van der Waals surface area (Å²) in [5, 5.41) is 108. The summed E-state index contributed by atoms with van der Waals surface area (Å²) >= 11 is 0. The van der Waals surface area contributed by atoms with Crippen LogP contribution >= 0.6 is 0 Å². The molecule has 4 rings (SSSR count). The number of nitrogens with one attached hydrogen (secondary N) is 2. The Morgan fingerprint density at radius 3 is 1.67 bits per heavy atom. The third-order valence-electron chi connectivity index (χ3n) is 10.7. The quantitative estimate of drug-likeness (QED) is 0.0282. The van der Waals surface area contributed by atoms with E-state index in [0.717, 1.165) is 0 Å². The molecule has 0 bridgehead atoms. The summed E-state index contributed by atoms with van der Waals surface area (Å²) in [6.07, 6.45) is -38.3. The Kier molecular flexibility index (Phi) is 22.3. The molecule has 70 heavy (non-hydrogen) atoms. The van der Waals surface area contributed by atoms with Gasteiger partial charge in [0.1, 0.15) is 73.2 Å². The van der Waals surface area contributed by atoms with E-state index in [4.69, 9.17) is 47.6 Å². The van der Waals surface area contributed by atoms with Crippen LogP contribution in [0.1, 0.15) is 38.5 Å². The fraction of sp³-hybridized carbons (Fsp3) is 0.909. The number of carbonyl (C=O) groups is 3. The van der Waals surface area contributed by atoms with Crippen LogP contribution in [0.25, 0.3) is 0 Å². The third-order valence-corrected chi connectivity index (χ3v) is 12.2. The molecule has 4 aliphatic heterocycles. The van der Waals surface area contributed by atoms with Crippen molar-refractivity contribution in [2.75, 3.05) is 33.0 Å². The Bertz CT molecular complexity index is 2050. The number of carboxylic acid groups (broad SMARTS) is 2. The molecule has 0 aliphatic carbocycles. The number of hydrogen-bond donors (Lipinski definition) is 15. The average Bonchev–Trinajstić information content (AvgIpc) is 3.24. The van der Waals surface area contributed by atoms with Gasteiger partial charge in [0.25, 0.3) is 0 Å². The molecule has 4 heterocycles. The van der Waals surface area contributed by atoms with Gasteiger partial charge in [-0.25, -0.2) is 18.0 Å². The Balaban J connectivity index is 1.46. The molecule has 4 aliphatic rings. The van der Waals surface area contributed by atoms with Gasteiger partial charge in [0.15, 0.2) is 37.4 Å². The summed E-state index contributed by atoms with van der Waals surface area (Å²) < 4.78 is 150. The predicted molar refractivity (Wildman–Crippen MR) is 214 cm³/mol. The lowest BCUT2D eigenvalue weighted by Gasteiger charge is -2.48. The molecule has 4 fully saturated rings. The standard InChI is InChI=1S/C33H56N2O32S3/c36-7-5-15(38)34-6-3-1-2-4-8-58-32-22(43)20(41)25(27(66-32)29(45)46)63-16-9-12(37)24(14(61-16)11-60-70(55,56)57)64-33-23(44)21(42)26(28(67-33)30(47)48)65-31-17(35-68(49,50)51)19(40)18(39)13(62-31)10-59-69(52,53)54/h12-14,16-28,31-33,35-37,39-44H,1-11H2,(H,34,38)(H,45,46)(H,47,48)(H,49,50,51)(H,52,53,54)(H,55,56,57). The maximum absolute atomic E-state index is 12.5. The first-order chi connectivity index (χ1) is 32.5. The largest absolute Gasteiger partial charge is 0.479 e. The Morgan fingerprint density at radius 1 is 0.586 bits per heavy atom. The molecule has 15 N–H and O–H groups in total. The molecule has 408 valence electrons. The molecular weight excluding hydrogens is 1030 g/mol. The van der Waals surface area contributed by atoms with Crippen molar-refractivity contribution < 1.29 is 151 Å². The number of ether oxygens (including phenoxy) is 8. The van der Waals surface area contributed by atoms with Gasteiger partial charge < -0.3 is 94.3 Å². The van der Waals surface area contributed by atoms with Crippen molar-refractivity contribution in [3.05, 3.63) is 0 Å². The molecule has 19 unspecified atom stereocenters. The van der Waals surface area contributed by atoms with E-state index in [2.05, 4.69) is 13.7 Å². The third kappa shape index (κ3) is 17.5. The highest BCUT2D eigenvalue weighted by Gasteiger charge is 2.56. The van der Waals surface area contributed by atoms with E-state index in [1.54, 1.807) is 0 Å². The van der Waals surface area contributed by atoms with Gasteiger partial charge in [-0.2, -0.15) is 30.0 Å². The van der Waals surface area contributed by atoms with Crippen LogP contribution in [-0.4, -0.2) is 257 Å². The Morgan fingerprint density at radius 2 is 1.11 bits per heavy atom. The first-order valence-corrected chi connectivity index (χ1v) is 25.0. The van der Waals surface area contributed by atoms with Crippen molar-refractivity contribution in [1.82, 2.24) is 10.0 Å². The second kappa shape index (κ2) is 26.0. The number of hydrogen-bond acceptors (Lipinski definition) is 27. The van der Waals surface area contributed by atoms with Gasteiger partial charge in [0.05, 0.1) is 25.9 Å². The van der Waals surface area contributed by atoms with Gasteiger partial charge >= 0.3 is 43.0 Å². The van der Waals surface area contributed by atoms with Crippen LogP contribution in [0.15, 0.2) is 0 Å².